The second-order valence-electron chi connectivity index (χ2n) is 4.77. The first kappa shape index (κ1) is 15.0. The molecule has 1 fully saturated rings. The summed E-state index contributed by atoms with van der Waals surface area (Å²) in [4.78, 5) is 11.3. The Balaban J connectivity index is 2.42. The lowest BCUT2D eigenvalue weighted by atomic mass is 9.99. The van der Waals surface area contributed by atoms with E-state index in [0.29, 0.717) is 18.9 Å². The van der Waals surface area contributed by atoms with Crippen molar-refractivity contribution >= 4 is 15.6 Å². The van der Waals surface area contributed by atoms with Gasteiger partial charge in [-0.05, 0) is 31.0 Å². The van der Waals surface area contributed by atoms with E-state index < -0.39 is 37.5 Å². The van der Waals surface area contributed by atoms with Crippen molar-refractivity contribution in [2.24, 2.45) is 0 Å². The van der Waals surface area contributed by atoms with Gasteiger partial charge in [-0.2, -0.15) is 13.2 Å². The molecule has 1 aromatic carbocycles. The van der Waals surface area contributed by atoms with Gasteiger partial charge in [0, 0.05) is 6.42 Å². The molecule has 0 heterocycles. The molecule has 3 nitrogen and oxygen atoms in total. The van der Waals surface area contributed by atoms with Crippen LogP contribution in [-0.4, -0.2) is 19.5 Å². The van der Waals surface area contributed by atoms with Gasteiger partial charge in [-0.25, -0.2) is 8.42 Å². The lowest BCUT2D eigenvalue weighted by Crippen LogP contribution is -2.33. The quantitative estimate of drug-likeness (QED) is 0.844. The van der Waals surface area contributed by atoms with Crippen LogP contribution in [0.25, 0.3) is 0 Å². The number of halogens is 3. The molecule has 0 N–H and O–H groups in total. The molecule has 1 unspecified atom stereocenters. The molecule has 7 heteroatoms. The highest BCUT2D eigenvalue weighted by molar-refractivity contribution is 7.92. The van der Waals surface area contributed by atoms with E-state index >= 15 is 0 Å². The minimum Gasteiger partial charge on any atom is -0.298 e. The summed E-state index contributed by atoms with van der Waals surface area (Å²) in [5.74, 6) is -0.409. The van der Waals surface area contributed by atoms with Gasteiger partial charge in [-0.15, -0.1) is 0 Å². The van der Waals surface area contributed by atoms with E-state index in [0.717, 1.165) is 18.2 Å². The first-order valence-electron chi connectivity index (χ1n) is 6.17. The second kappa shape index (κ2) is 5.20. The molecule has 0 bridgehead atoms. The SMILES string of the molecule is O=C1CCCCC1S(=O)(=O)c1cccc(C(F)(F)F)c1. The van der Waals surface area contributed by atoms with Crippen molar-refractivity contribution < 1.29 is 26.4 Å². The van der Waals surface area contributed by atoms with E-state index in [4.69, 9.17) is 0 Å². The van der Waals surface area contributed by atoms with Crippen molar-refractivity contribution in [3.05, 3.63) is 29.8 Å². The van der Waals surface area contributed by atoms with Gasteiger partial charge in [-0.3, -0.25) is 4.79 Å². The molecule has 110 valence electrons. The average Bonchev–Trinajstić information content (AvgIpc) is 2.38. The zero-order chi connectivity index (χ0) is 15.0. The number of ketones is 1. The lowest BCUT2D eigenvalue weighted by Gasteiger charge is -2.21. The summed E-state index contributed by atoms with van der Waals surface area (Å²) in [5.41, 5.74) is -1.03. The third-order valence-electron chi connectivity index (χ3n) is 3.36. The lowest BCUT2D eigenvalue weighted by molar-refractivity contribution is -0.137. The Kier molecular flexibility index (Phi) is 3.90. The van der Waals surface area contributed by atoms with Gasteiger partial charge in [0.1, 0.15) is 5.25 Å². The Morgan fingerprint density at radius 3 is 2.45 bits per heavy atom. The zero-order valence-corrected chi connectivity index (χ0v) is 11.3. The average molecular weight is 306 g/mol. The van der Waals surface area contributed by atoms with Crippen molar-refractivity contribution in [2.45, 2.75) is 42.0 Å². The van der Waals surface area contributed by atoms with Crippen molar-refractivity contribution in [1.82, 2.24) is 0 Å². The van der Waals surface area contributed by atoms with Gasteiger partial charge in [-0.1, -0.05) is 12.5 Å². The van der Waals surface area contributed by atoms with Gasteiger partial charge < -0.3 is 0 Å². The molecule has 0 spiro atoms. The third kappa shape index (κ3) is 2.87. The molecule has 1 aromatic rings. The molecule has 0 aliphatic heterocycles. The largest absolute Gasteiger partial charge is 0.416 e. The van der Waals surface area contributed by atoms with Crippen molar-refractivity contribution in [2.75, 3.05) is 0 Å². The molecule has 0 saturated heterocycles. The number of rotatable bonds is 2. The molecule has 1 saturated carbocycles. The molecular formula is C13H13F3O3S. The summed E-state index contributed by atoms with van der Waals surface area (Å²) >= 11 is 0. The van der Waals surface area contributed by atoms with Gasteiger partial charge >= 0.3 is 6.18 Å². The molecule has 2 rings (SSSR count). The van der Waals surface area contributed by atoms with Crippen LogP contribution in [0.5, 0.6) is 0 Å². The van der Waals surface area contributed by atoms with Crippen LogP contribution in [-0.2, 0) is 20.8 Å². The Bertz CT molecular complexity index is 620. The predicted octanol–water partition coefficient (Wildman–Crippen LogP) is 2.99. The third-order valence-corrected chi connectivity index (χ3v) is 5.52. The van der Waals surface area contributed by atoms with Crippen molar-refractivity contribution in [3.8, 4) is 0 Å². The van der Waals surface area contributed by atoms with Crippen molar-refractivity contribution in [3.63, 3.8) is 0 Å². The van der Waals surface area contributed by atoms with Crippen LogP contribution in [0, 0.1) is 0 Å². The fraction of sp³-hybridized carbons (Fsp3) is 0.462. The zero-order valence-electron chi connectivity index (χ0n) is 10.5. The molecule has 0 radical (unpaired) electrons. The Labute approximate surface area is 114 Å². The fourth-order valence-corrected chi connectivity index (χ4v) is 4.12. The summed E-state index contributed by atoms with van der Waals surface area (Å²) in [7, 11) is -4.04. The molecule has 0 amide bonds. The summed E-state index contributed by atoms with van der Waals surface area (Å²) in [6, 6.07) is 3.55. The highest BCUT2D eigenvalue weighted by Gasteiger charge is 2.37. The van der Waals surface area contributed by atoms with Crippen LogP contribution in [0.3, 0.4) is 0 Å². The van der Waals surface area contributed by atoms with Gasteiger partial charge in [0.05, 0.1) is 10.5 Å². The Morgan fingerprint density at radius 2 is 1.85 bits per heavy atom. The standard InChI is InChI=1S/C13H13F3O3S/c14-13(15,16)9-4-3-5-10(8-9)20(18,19)12-7-2-1-6-11(12)17/h3-5,8,12H,1-2,6-7H2. The predicted molar refractivity (Wildman–Crippen MR) is 65.9 cm³/mol. The summed E-state index contributed by atoms with van der Waals surface area (Å²) in [5, 5.41) is -1.21. The number of carbonyl (C=O) groups is 1. The fourth-order valence-electron chi connectivity index (χ4n) is 2.29. The molecule has 20 heavy (non-hydrogen) atoms. The highest BCUT2D eigenvalue weighted by atomic mass is 32.2. The van der Waals surface area contributed by atoms with Crippen LogP contribution in [0.4, 0.5) is 13.2 Å². The monoisotopic (exact) mass is 306 g/mol. The topological polar surface area (TPSA) is 51.2 Å². The van der Waals surface area contributed by atoms with Crippen LogP contribution in [0.2, 0.25) is 0 Å². The van der Waals surface area contributed by atoms with Crippen LogP contribution >= 0.6 is 0 Å². The smallest absolute Gasteiger partial charge is 0.298 e. The number of Topliss-reactive ketones (excluding diaryl/α,β-unsaturated/α-hetero) is 1. The van der Waals surface area contributed by atoms with E-state index in [1.54, 1.807) is 0 Å². The van der Waals surface area contributed by atoms with Crippen LogP contribution < -0.4 is 0 Å². The number of hydrogen-bond donors (Lipinski definition) is 0. The maximum atomic E-state index is 12.6. The normalized spacial score (nSPS) is 20.9. The maximum Gasteiger partial charge on any atom is 0.416 e. The van der Waals surface area contributed by atoms with E-state index in [-0.39, 0.29) is 12.8 Å². The van der Waals surface area contributed by atoms with E-state index in [1.807, 2.05) is 0 Å². The molecule has 1 aliphatic rings. The number of alkyl halides is 3. The summed E-state index contributed by atoms with van der Waals surface area (Å²) < 4.78 is 62.4. The molecular weight excluding hydrogens is 293 g/mol. The second-order valence-corrected chi connectivity index (χ2v) is 6.90. The minimum absolute atomic E-state index is 0.170. The number of sulfone groups is 1. The number of benzene rings is 1. The minimum atomic E-state index is -4.61. The summed E-state index contributed by atoms with van der Waals surface area (Å²) in [6.45, 7) is 0. The maximum absolute atomic E-state index is 12.6. The van der Waals surface area contributed by atoms with Gasteiger partial charge in [0.2, 0.25) is 0 Å². The highest BCUT2D eigenvalue weighted by Crippen LogP contribution is 2.32. The van der Waals surface area contributed by atoms with E-state index in [1.165, 1.54) is 0 Å². The van der Waals surface area contributed by atoms with Crippen molar-refractivity contribution in [1.29, 1.82) is 0 Å². The van der Waals surface area contributed by atoms with E-state index in [9.17, 15) is 26.4 Å². The number of carbonyl (C=O) groups excluding carboxylic acids is 1. The first-order chi connectivity index (χ1) is 9.23. The van der Waals surface area contributed by atoms with Crippen LogP contribution in [0.15, 0.2) is 29.2 Å². The Morgan fingerprint density at radius 1 is 1.15 bits per heavy atom. The molecule has 1 aliphatic carbocycles. The van der Waals surface area contributed by atoms with Gasteiger partial charge in [0.25, 0.3) is 0 Å². The molecule has 1 atom stereocenters. The number of hydrogen-bond acceptors (Lipinski definition) is 3. The van der Waals surface area contributed by atoms with Gasteiger partial charge in [0.15, 0.2) is 15.6 Å². The summed E-state index contributed by atoms with van der Waals surface area (Å²) in [6.07, 6.45) is -3.04. The van der Waals surface area contributed by atoms with E-state index in [2.05, 4.69) is 0 Å². The molecule has 0 aromatic heterocycles. The van der Waals surface area contributed by atoms with Crippen LogP contribution in [0.1, 0.15) is 31.2 Å². The first-order valence-corrected chi connectivity index (χ1v) is 7.71. The Hall–Kier alpha value is -1.37.